The Labute approximate surface area is 171 Å². The molecule has 7 heteroatoms. The summed E-state index contributed by atoms with van der Waals surface area (Å²) in [5.74, 6) is -2.17. The molecule has 2 aromatic carbocycles. The molecule has 1 aromatic heterocycles. The molecule has 0 amide bonds. The minimum atomic E-state index is -0.844. The van der Waals surface area contributed by atoms with E-state index in [1.54, 1.807) is 31.2 Å². The van der Waals surface area contributed by atoms with Gasteiger partial charge in [-0.2, -0.15) is 0 Å². The first-order valence-electron chi connectivity index (χ1n) is 9.37. The van der Waals surface area contributed by atoms with Crippen molar-refractivity contribution in [3.05, 3.63) is 64.1 Å². The molecule has 0 radical (unpaired) electrons. The van der Waals surface area contributed by atoms with E-state index in [0.29, 0.717) is 27.2 Å². The first-order valence-corrected chi connectivity index (χ1v) is 9.75. The van der Waals surface area contributed by atoms with Crippen molar-refractivity contribution in [2.75, 3.05) is 0 Å². The predicted octanol–water partition coefficient (Wildman–Crippen LogP) is 4.77. The SMILES string of the molecule is Cc1c(CC(=O)OC2CCC2)c2cc(O)c(F)cc2n1C(=O)c1ccc(Cl)cc1. The van der Waals surface area contributed by atoms with Gasteiger partial charge in [-0.05, 0) is 62.1 Å². The molecule has 1 aliphatic rings. The Morgan fingerprint density at radius 1 is 1.24 bits per heavy atom. The van der Waals surface area contributed by atoms with Crippen molar-refractivity contribution in [1.82, 2.24) is 4.57 Å². The molecule has 0 spiro atoms. The van der Waals surface area contributed by atoms with Crippen LogP contribution in [0.4, 0.5) is 4.39 Å². The molecule has 1 N–H and O–H groups in total. The van der Waals surface area contributed by atoms with Crippen LogP contribution < -0.4 is 0 Å². The summed E-state index contributed by atoms with van der Waals surface area (Å²) in [6, 6.07) is 8.70. The zero-order valence-electron chi connectivity index (χ0n) is 15.7. The maximum Gasteiger partial charge on any atom is 0.310 e. The number of rotatable bonds is 4. The smallest absolute Gasteiger partial charge is 0.310 e. The van der Waals surface area contributed by atoms with Gasteiger partial charge < -0.3 is 9.84 Å². The van der Waals surface area contributed by atoms with E-state index in [4.69, 9.17) is 16.3 Å². The van der Waals surface area contributed by atoms with E-state index >= 15 is 0 Å². The Balaban J connectivity index is 1.80. The lowest BCUT2D eigenvalue weighted by Gasteiger charge is -2.25. The number of nitrogens with zero attached hydrogens (tertiary/aromatic N) is 1. The molecule has 0 aliphatic heterocycles. The fourth-order valence-corrected chi connectivity index (χ4v) is 3.68. The maximum absolute atomic E-state index is 14.1. The third kappa shape index (κ3) is 3.60. The van der Waals surface area contributed by atoms with Crippen LogP contribution in [-0.2, 0) is 16.0 Å². The third-order valence-corrected chi connectivity index (χ3v) is 5.62. The molecule has 1 fully saturated rings. The number of phenolic OH excluding ortho intramolecular Hbond substituents is 1. The number of carbonyl (C=O) groups is 2. The molecule has 0 saturated heterocycles. The first kappa shape index (κ1) is 19.5. The number of fused-ring (bicyclic) bond motifs is 1. The number of benzene rings is 2. The van der Waals surface area contributed by atoms with E-state index in [1.807, 2.05) is 0 Å². The highest BCUT2D eigenvalue weighted by molar-refractivity contribution is 6.30. The van der Waals surface area contributed by atoms with Crippen LogP contribution in [0.5, 0.6) is 5.75 Å². The average molecular weight is 416 g/mol. The highest BCUT2D eigenvalue weighted by Crippen LogP contribution is 2.33. The second-order valence-corrected chi connectivity index (χ2v) is 7.69. The predicted molar refractivity (Wildman–Crippen MR) is 107 cm³/mol. The fraction of sp³-hybridized carbons (Fsp3) is 0.273. The molecule has 1 saturated carbocycles. The van der Waals surface area contributed by atoms with Crippen LogP contribution in [0.2, 0.25) is 5.02 Å². The van der Waals surface area contributed by atoms with Gasteiger partial charge in [-0.15, -0.1) is 0 Å². The Hall–Kier alpha value is -2.86. The summed E-state index contributed by atoms with van der Waals surface area (Å²) in [6.45, 7) is 1.69. The van der Waals surface area contributed by atoms with Crippen molar-refractivity contribution in [2.24, 2.45) is 0 Å². The van der Waals surface area contributed by atoms with Crippen LogP contribution in [0.3, 0.4) is 0 Å². The van der Waals surface area contributed by atoms with Crippen LogP contribution in [0.25, 0.3) is 10.9 Å². The van der Waals surface area contributed by atoms with Crippen molar-refractivity contribution in [3.8, 4) is 5.75 Å². The van der Waals surface area contributed by atoms with Gasteiger partial charge in [-0.1, -0.05) is 11.6 Å². The van der Waals surface area contributed by atoms with Crippen LogP contribution in [0.1, 0.15) is 40.9 Å². The largest absolute Gasteiger partial charge is 0.505 e. The van der Waals surface area contributed by atoms with Gasteiger partial charge in [-0.3, -0.25) is 14.2 Å². The Kier molecular flexibility index (Phi) is 5.04. The van der Waals surface area contributed by atoms with Crippen molar-refractivity contribution in [2.45, 2.75) is 38.7 Å². The molecule has 1 aliphatic carbocycles. The lowest BCUT2D eigenvalue weighted by atomic mass is 9.96. The molecule has 3 aromatic rings. The van der Waals surface area contributed by atoms with Gasteiger partial charge in [0.25, 0.3) is 5.91 Å². The average Bonchev–Trinajstić information content (AvgIpc) is 2.90. The summed E-state index contributed by atoms with van der Waals surface area (Å²) in [4.78, 5) is 25.5. The quantitative estimate of drug-likeness (QED) is 0.623. The summed E-state index contributed by atoms with van der Waals surface area (Å²) >= 11 is 5.90. The summed E-state index contributed by atoms with van der Waals surface area (Å²) in [5, 5.41) is 10.8. The van der Waals surface area contributed by atoms with Crippen molar-refractivity contribution in [1.29, 1.82) is 0 Å². The van der Waals surface area contributed by atoms with Crippen molar-refractivity contribution in [3.63, 3.8) is 0 Å². The van der Waals surface area contributed by atoms with Gasteiger partial charge in [0, 0.05) is 27.7 Å². The first-order chi connectivity index (χ1) is 13.8. The van der Waals surface area contributed by atoms with E-state index in [1.165, 1.54) is 10.6 Å². The Morgan fingerprint density at radius 2 is 1.93 bits per heavy atom. The normalized spacial score (nSPS) is 14.0. The number of hydrogen-bond acceptors (Lipinski definition) is 4. The zero-order valence-corrected chi connectivity index (χ0v) is 16.5. The number of esters is 1. The topological polar surface area (TPSA) is 68.5 Å². The second kappa shape index (κ2) is 7.52. The van der Waals surface area contributed by atoms with E-state index in [2.05, 4.69) is 0 Å². The summed E-state index contributed by atoms with van der Waals surface area (Å²) in [5.41, 5.74) is 1.67. The van der Waals surface area contributed by atoms with E-state index in [0.717, 1.165) is 25.3 Å². The third-order valence-electron chi connectivity index (χ3n) is 5.37. The number of aromatic hydroxyl groups is 1. The summed E-state index contributed by atoms with van der Waals surface area (Å²) < 4.78 is 20.9. The highest BCUT2D eigenvalue weighted by atomic mass is 35.5. The van der Waals surface area contributed by atoms with Crippen LogP contribution in [-0.4, -0.2) is 27.7 Å². The number of aromatic nitrogens is 1. The molecule has 150 valence electrons. The Bertz CT molecular complexity index is 1120. The summed E-state index contributed by atoms with van der Waals surface area (Å²) in [6.07, 6.45) is 2.63. The molecule has 0 bridgehead atoms. The molecular weight excluding hydrogens is 397 g/mol. The molecule has 0 unspecified atom stereocenters. The zero-order chi connectivity index (χ0) is 20.7. The number of ether oxygens (including phenoxy) is 1. The number of halogens is 2. The maximum atomic E-state index is 14.1. The lowest BCUT2D eigenvalue weighted by Crippen LogP contribution is -2.26. The molecule has 1 heterocycles. The minimum absolute atomic E-state index is 0.0577. The fourth-order valence-electron chi connectivity index (χ4n) is 3.56. The minimum Gasteiger partial charge on any atom is -0.505 e. The van der Waals surface area contributed by atoms with Gasteiger partial charge in [0.1, 0.15) is 6.10 Å². The van der Waals surface area contributed by atoms with Gasteiger partial charge >= 0.3 is 5.97 Å². The van der Waals surface area contributed by atoms with Gasteiger partial charge in [0.05, 0.1) is 11.9 Å². The van der Waals surface area contributed by atoms with Gasteiger partial charge in [-0.25, -0.2) is 4.39 Å². The van der Waals surface area contributed by atoms with E-state index < -0.39 is 17.5 Å². The van der Waals surface area contributed by atoms with Crippen LogP contribution in [0.15, 0.2) is 36.4 Å². The van der Waals surface area contributed by atoms with Crippen molar-refractivity contribution < 1.29 is 23.8 Å². The Morgan fingerprint density at radius 3 is 2.55 bits per heavy atom. The number of hydrogen-bond donors (Lipinski definition) is 1. The molecular formula is C22H19ClFNO4. The number of phenols is 1. The lowest BCUT2D eigenvalue weighted by molar-refractivity contribution is -0.152. The van der Waals surface area contributed by atoms with Crippen LogP contribution >= 0.6 is 11.6 Å². The highest BCUT2D eigenvalue weighted by Gasteiger charge is 2.26. The summed E-state index contributed by atoms with van der Waals surface area (Å²) in [7, 11) is 0. The molecule has 29 heavy (non-hydrogen) atoms. The molecule has 5 nitrogen and oxygen atoms in total. The van der Waals surface area contributed by atoms with Crippen molar-refractivity contribution >= 4 is 34.4 Å². The van der Waals surface area contributed by atoms with E-state index in [-0.39, 0.29) is 23.9 Å². The monoisotopic (exact) mass is 415 g/mol. The van der Waals surface area contributed by atoms with E-state index in [9.17, 15) is 19.1 Å². The van der Waals surface area contributed by atoms with Gasteiger partial charge in [0.2, 0.25) is 0 Å². The molecule has 4 rings (SSSR count). The molecule has 0 atom stereocenters. The standard InChI is InChI=1S/C22H19ClFNO4/c1-12-16(10-21(27)29-15-3-2-4-15)17-9-20(26)18(24)11-19(17)25(12)22(28)13-5-7-14(23)8-6-13/h5-9,11,15,26H,2-4,10H2,1H3. The second-order valence-electron chi connectivity index (χ2n) is 7.25. The van der Waals surface area contributed by atoms with Crippen LogP contribution in [0, 0.1) is 12.7 Å². The van der Waals surface area contributed by atoms with Gasteiger partial charge in [0.15, 0.2) is 11.6 Å². The number of carbonyl (C=O) groups excluding carboxylic acids is 2.